The Balaban J connectivity index is 1.20. The summed E-state index contributed by atoms with van der Waals surface area (Å²) in [6.45, 7) is 9.26. The van der Waals surface area contributed by atoms with Crippen LogP contribution in [0.2, 0.25) is 0 Å². The van der Waals surface area contributed by atoms with E-state index >= 15 is 0 Å². The number of hydrogen-bond donors (Lipinski definition) is 2. The SMILES string of the molecule is Cc1cc(NC(=O)c2cc(Oc3nc(-c4ccncc4)nc4cc[nH]c34)ccc2C)ccc1CN1CCN(C)CC1. The zero-order valence-electron chi connectivity index (χ0n) is 23.5. The average molecular weight is 548 g/mol. The van der Waals surface area contributed by atoms with Crippen LogP contribution in [0, 0.1) is 13.8 Å². The number of fused-ring (bicyclic) bond motifs is 1. The number of carbonyl (C=O) groups is 1. The van der Waals surface area contributed by atoms with Crippen LogP contribution < -0.4 is 10.1 Å². The van der Waals surface area contributed by atoms with Crippen molar-refractivity contribution < 1.29 is 9.53 Å². The van der Waals surface area contributed by atoms with Gasteiger partial charge in [-0.2, -0.15) is 4.98 Å². The number of aromatic nitrogens is 4. The molecule has 1 aliphatic rings. The van der Waals surface area contributed by atoms with E-state index in [2.05, 4.69) is 55.1 Å². The van der Waals surface area contributed by atoms with E-state index in [1.54, 1.807) is 24.7 Å². The Morgan fingerprint density at radius 2 is 1.76 bits per heavy atom. The molecule has 0 unspecified atom stereocenters. The molecule has 0 bridgehead atoms. The minimum Gasteiger partial charge on any atom is -0.437 e. The molecule has 9 nitrogen and oxygen atoms in total. The highest BCUT2D eigenvalue weighted by Gasteiger charge is 2.17. The van der Waals surface area contributed by atoms with Crippen LogP contribution in [-0.4, -0.2) is 68.9 Å². The number of benzene rings is 2. The second kappa shape index (κ2) is 11.5. The first-order valence-corrected chi connectivity index (χ1v) is 13.8. The van der Waals surface area contributed by atoms with Crippen molar-refractivity contribution in [3.63, 3.8) is 0 Å². The molecule has 208 valence electrons. The maximum atomic E-state index is 13.4. The molecule has 0 radical (unpaired) electrons. The molecule has 1 fully saturated rings. The van der Waals surface area contributed by atoms with Crippen LogP contribution in [-0.2, 0) is 6.54 Å². The Morgan fingerprint density at radius 3 is 2.54 bits per heavy atom. The van der Waals surface area contributed by atoms with Crippen molar-refractivity contribution in [2.75, 3.05) is 38.5 Å². The first-order chi connectivity index (χ1) is 19.9. The van der Waals surface area contributed by atoms with Crippen LogP contribution in [0.1, 0.15) is 27.0 Å². The van der Waals surface area contributed by atoms with Crippen molar-refractivity contribution in [1.82, 2.24) is 29.7 Å². The first-order valence-electron chi connectivity index (χ1n) is 13.8. The summed E-state index contributed by atoms with van der Waals surface area (Å²) in [4.78, 5) is 34.8. The summed E-state index contributed by atoms with van der Waals surface area (Å²) in [5.74, 6) is 1.23. The number of H-pyrrole nitrogens is 1. The van der Waals surface area contributed by atoms with Crippen LogP contribution in [0.25, 0.3) is 22.4 Å². The lowest BCUT2D eigenvalue weighted by atomic mass is 10.1. The Morgan fingerprint density at radius 1 is 0.951 bits per heavy atom. The minimum atomic E-state index is -0.190. The monoisotopic (exact) mass is 547 g/mol. The number of amides is 1. The highest BCUT2D eigenvalue weighted by atomic mass is 16.5. The van der Waals surface area contributed by atoms with Crippen molar-refractivity contribution in [2.45, 2.75) is 20.4 Å². The smallest absolute Gasteiger partial charge is 0.256 e. The van der Waals surface area contributed by atoms with E-state index in [9.17, 15) is 4.79 Å². The van der Waals surface area contributed by atoms with E-state index in [1.807, 2.05) is 49.4 Å². The Kier molecular flexibility index (Phi) is 7.45. The average Bonchev–Trinajstić information content (AvgIpc) is 3.46. The van der Waals surface area contributed by atoms with Gasteiger partial charge in [0.1, 0.15) is 11.3 Å². The fraction of sp³-hybridized carbons (Fsp3) is 0.250. The number of aromatic amines is 1. The van der Waals surface area contributed by atoms with Crippen molar-refractivity contribution in [2.24, 2.45) is 0 Å². The number of carbonyl (C=O) groups excluding carboxylic acids is 1. The Labute approximate surface area is 239 Å². The van der Waals surface area contributed by atoms with E-state index in [4.69, 9.17) is 4.74 Å². The quantitative estimate of drug-likeness (QED) is 0.280. The third-order valence-electron chi connectivity index (χ3n) is 7.57. The van der Waals surface area contributed by atoms with Crippen molar-refractivity contribution >= 4 is 22.6 Å². The fourth-order valence-electron chi connectivity index (χ4n) is 5.04. The summed E-state index contributed by atoms with van der Waals surface area (Å²) in [6, 6.07) is 17.2. The number of rotatable bonds is 7. The van der Waals surface area contributed by atoms with E-state index in [1.165, 1.54) is 11.1 Å². The zero-order chi connectivity index (χ0) is 28.3. The third-order valence-corrected chi connectivity index (χ3v) is 7.57. The number of anilines is 1. The molecule has 0 spiro atoms. The molecule has 5 aromatic rings. The van der Waals surface area contributed by atoms with Gasteiger partial charge in [0.05, 0.1) is 5.52 Å². The van der Waals surface area contributed by atoms with Crippen LogP contribution in [0.4, 0.5) is 5.69 Å². The van der Waals surface area contributed by atoms with Crippen LogP contribution in [0.3, 0.4) is 0 Å². The highest BCUT2D eigenvalue weighted by Crippen LogP contribution is 2.30. The molecule has 2 aromatic carbocycles. The summed E-state index contributed by atoms with van der Waals surface area (Å²) in [5, 5.41) is 3.07. The molecule has 9 heteroatoms. The van der Waals surface area contributed by atoms with Crippen LogP contribution in [0.15, 0.2) is 73.2 Å². The van der Waals surface area contributed by atoms with Gasteiger partial charge in [0.15, 0.2) is 5.82 Å². The molecular formula is C32H33N7O2. The lowest BCUT2D eigenvalue weighted by Crippen LogP contribution is -2.43. The molecule has 41 heavy (non-hydrogen) atoms. The summed E-state index contributed by atoms with van der Waals surface area (Å²) >= 11 is 0. The second-order valence-corrected chi connectivity index (χ2v) is 10.6. The van der Waals surface area contributed by atoms with E-state index in [0.29, 0.717) is 28.5 Å². The number of ether oxygens (including phenoxy) is 1. The minimum absolute atomic E-state index is 0.190. The maximum Gasteiger partial charge on any atom is 0.256 e. The van der Waals surface area contributed by atoms with Crippen LogP contribution in [0.5, 0.6) is 11.6 Å². The molecule has 0 aliphatic carbocycles. The zero-order valence-corrected chi connectivity index (χ0v) is 23.5. The molecule has 2 N–H and O–H groups in total. The first kappa shape index (κ1) is 26.6. The van der Waals surface area contributed by atoms with E-state index < -0.39 is 0 Å². The Bertz CT molecular complexity index is 1690. The number of hydrogen-bond acceptors (Lipinski definition) is 7. The molecular weight excluding hydrogens is 514 g/mol. The van der Waals surface area contributed by atoms with Crippen molar-refractivity contribution in [3.8, 4) is 23.0 Å². The molecule has 0 atom stereocenters. The van der Waals surface area contributed by atoms with E-state index in [0.717, 1.165) is 55.1 Å². The molecule has 3 aromatic heterocycles. The molecule has 1 saturated heterocycles. The van der Waals surface area contributed by atoms with Gasteiger partial charge in [0, 0.05) is 68.1 Å². The Hall–Kier alpha value is -4.60. The largest absolute Gasteiger partial charge is 0.437 e. The van der Waals surface area contributed by atoms with Gasteiger partial charge in [-0.25, -0.2) is 4.98 Å². The van der Waals surface area contributed by atoms with Crippen molar-refractivity contribution in [3.05, 3.63) is 95.4 Å². The maximum absolute atomic E-state index is 13.4. The molecule has 0 saturated carbocycles. The molecule has 1 aliphatic heterocycles. The summed E-state index contributed by atoms with van der Waals surface area (Å²) in [6.07, 6.45) is 5.21. The number of aryl methyl sites for hydroxylation is 2. The number of likely N-dealkylation sites (N-methyl/N-ethyl adjacent to an activating group) is 1. The van der Waals surface area contributed by atoms with Gasteiger partial charge in [0.2, 0.25) is 5.88 Å². The van der Waals surface area contributed by atoms with Gasteiger partial charge in [-0.15, -0.1) is 0 Å². The number of nitrogens with zero attached hydrogens (tertiary/aromatic N) is 5. The van der Waals surface area contributed by atoms with E-state index in [-0.39, 0.29) is 5.91 Å². The topological polar surface area (TPSA) is 99.3 Å². The molecule has 4 heterocycles. The molecule has 1 amide bonds. The predicted molar refractivity (Wildman–Crippen MR) is 160 cm³/mol. The third kappa shape index (κ3) is 5.96. The van der Waals surface area contributed by atoms with Gasteiger partial charge < -0.3 is 19.9 Å². The van der Waals surface area contributed by atoms with Crippen molar-refractivity contribution in [1.29, 1.82) is 0 Å². The summed E-state index contributed by atoms with van der Waals surface area (Å²) in [5.41, 5.74) is 6.86. The van der Waals surface area contributed by atoms with Crippen LogP contribution >= 0.6 is 0 Å². The number of piperazine rings is 1. The summed E-state index contributed by atoms with van der Waals surface area (Å²) in [7, 11) is 2.17. The highest BCUT2D eigenvalue weighted by molar-refractivity contribution is 6.05. The number of nitrogens with one attached hydrogen (secondary N) is 2. The lowest BCUT2D eigenvalue weighted by molar-refractivity contribution is 0.102. The fourth-order valence-corrected chi connectivity index (χ4v) is 5.04. The van der Waals surface area contributed by atoms with Gasteiger partial charge >= 0.3 is 0 Å². The van der Waals surface area contributed by atoms with Gasteiger partial charge in [-0.3, -0.25) is 14.7 Å². The standard InChI is InChI=1S/C32H33N7O2/c1-21-4-7-26(41-32-29-28(10-13-34-29)36-30(37-32)23-8-11-33-12-9-23)19-27(21)31(40)35-25-6-5-24(22(2)18-25)20-39-16-14-38(3)15-17-39/h4-13,18-19,34H,14-17,20H2,1-3H3,(H,35,40). The number of pyridine rings is 1. The summed E-state index contributed by atoms with van der Waals surface area (Å²) < 4.78 is 6.24. The predicted octanol–water partition coefficient (Wildman–Crippen LogP) is 5.43. The lowest BCUT2D eigenvalue weighted by Gasteiger charge is -2.32. The normalized spacial score (nSPS) is 14.3. The van der Waals surface area contributed by atoms with Gasteiger partial charge in [-0.05, 0) is 80.1 Å². The van der Waals surface area contributed by atoms with Gasteiger partial charge in [0.25, 0.3) is 5.91 Å². The van der Waals surface area contributed by atoms with Gasteiger partial charge in [-0.1, -0.05) is 12.1 Å². The molecule has 6 rings (SSSR count). The second-order valence-electron chi connectivity index (χ2n) is 10.6.